The van der Waals surface area contributed by atoms with E-state index in [1.807, 2.05) is 68.4 Å². The Hall–Kier alpha value is -2.54. The van der Waals surface area contributed by atoms with Crippen LogP contribution in [0.25, 0.3) is 22.0 Å². The van der Waals surface area contributed by atoms with E-state index in [4.69, 9.17) is 4.74 Å². The molecule has 0 aliphatic carbocycles. The molecule has 3 unspecified atom stereocenters. The summed E-state index contributed by atoms with van der Waals surface area (Å²) >= 11 is 0. The molecule has 2 heterocycles. The van der Waals surface area contributed by atoms with Crippen LogP contribution in [-0.2, 0) is 11.3 Å². The Bertz CT molecular complexity index is 1020. The summed E-state index contributed by atoms with van der Waals surface area (Å²) in [6.45, 7) is 6.27. The molecule has 29 heavy (non-hydrogen) atoms. The van der Waals surface area contributed by atoms with Crippen molar-refractivity contribution in [1.82, 2.24) is 14.7 Å². The van der Waals surface area contributed by atoms with Gasteiger partial charge in [-0.15, -0.1) is 0 Å². The van der Waals surface area contributed by atoms with Crippen LogP contribution in [0.15, 0.2) is 59.4 Å². The van der Waals surface area contributed by atoms with Crippen molar-refractivity contribution in [2.45, 2.75) is 38.7 Å². The molecule has 0 radical (unpaired) electrons. The zero-order chi connectivity index (χ0) is 20.4. The molecule has 3 atom stereocenters. The SMILES string of the molecule is CC1CN(CC(O)Cn2nc(-c3ccccc3)c3ccccc3c2=O)CC(C)O1. The van der Waals surface area contributed by atoms with Gasteiger partial charge in [0, 0.05) is 30.6 Å². The standard InChI is InChI=1S/C23H27N3O3/c1-16-12-25(13-17(2)29-16)14-19(27)15-26-23(28)21-11-7-6-10-20(21)22(24-26)18-8-4-3-5-9-18/h3-11,16-17,19,27H,12-15H2,1-2H3. The second kappa shape index (κ2) is 8.45. The number of aromatic nitrogens is 2. The molecule has 1 aliphatic rings. The molecule has 2 aromatic carbocycles. The topological polar surface area (TPSA) is 67.6 Å². The summed E-state index contributed by atoms with van der Waals surface area (Å²) in [5, 5.41) is 16.8. The smallest absolute Gasteiger partial charge is 0.274 e. The van der Waals surface area contributed by atoms with Gasteiger partial charge in [-0.2, -0.15) is 5.10 Å². The fourth-order valence-corrected chi connectivity index (χ4v) is 4.16. The van der Waals surface area contributed by atoms with E-state index in [1.165, 1.54) is 4.68 Å². The summed E-state index contributed by atoms with van der Waals surface area (Å²) in [4.78, 5) is 15.2. The molecule has 0 bridgehead atoms. The van der Waals surface area contributed by atoms with E-state index in [9.17, 15) is 9.90 Å². The Balaban J connectivity index is 1.64. The van der Waals surface area contributed by atoms with Crippen molar-refractivity contribution in [3.8, 4) is 11.3 Å². The monoisotopic (exact) mass is 393 g/mol. The van der Waals surface area contributed by atoms with Gasteiger partial charge >= 0.3 is 0 Å². The largest absolute Gasteiger partial charge is 0.390 e. The molecule has 0 amide bonds. The Kier molecular flexibility index (Phi) is 5.76. The molecule has 1 N–H and O–H groups in total. The predicted molar refractivity (Wildman–Crippen MR) is 114 cm³/mol. The lowest BCUT2D eigenvalue weighted by Gasteiger charge is -2.36. The Morgan fingerprint density at radius 1 is 1.00 bits per heavy atom. The maximum absolute atomic E-state index is 13.0. The van der Waals surface area contributed by atoms with Crippen molar-refractivity contribution in [3.63, 3.8) is 0 Å². The molecule has 0 saturated carbocycles. The number of fused-ring (bicyclic) bond motifs is 1. The third kappa shape index (κ3) is 4.40. The molecule has 1 fully saturated rings. The molecule has 152 valence electrons. The third-order valence-corrected chi connectivity index (χ3v) is 5.26. The molecular formula is C23H27N3O3. The van der Waals surface area contributed by atoms with Gasteiger partial charge in [0.05, 0.1) is 35.9 Å². The quantitative estimate of drug-likeness (QED) is 0.722. The number of nitrogens with zero attached hydrogens (tertiary/aromatic N) is 3. The Labute approximate surface area is 170 Å². The molecule has 1 aliphatic heterocycles. The van der Waals surface area contributed by atoms with Gasteiger partial charge in [0.2, 0.25) is 0 Å². The van der Waals surface area contributed by atoms with Gasteiger partial charge in [0.1, 0.15) is 0 Å². The fourth-order valence-electron chi connectivity index (χ4n) is 4.16. The van der Waals surface area contributed by atoms with E-state index in [2.05, 4.69) is 10.00 Å². The number of ether oxygens (including phenoxy) is 1. The van der Waals surface area contributed by atoms with Crippen LogP contribution in [-0.4, -0.2) is 57.7 Å². The number of rotatable bonds is 5. The van der Waals surface area contributed by atoms with Gasteiger partial charge in [-0.1, -0.05) is 48.5 Å². The van der Waals surface area contributed by atoms with Crippen LogP contribution < -0.4 is 5.56 Å². The molecule has 1 saturated heterocycles. The molecule has 0 spiro atoms. The molecular weight excluding hydrogens is 366 g/mol. The van der Waals surface area contributed by atoms with Gasteiger partial charge < -0.3 is 9.84 Å². The highest BCUT2D eigenvalue weighted by atomic mass is 16.5. The summed E-state index contributed by atoms with van der Waals surface area (Å²) in [6.07, 6.45) is -0.420. The molecule has 3 aromatic rings. The maximum Gasteiger partial charge on any atom is 0.274 e. The Morgan fingerprint density at radius 2 is 1.62 bits per heavy atom. The van der Waals surface area contributed by atoms with Crippen LogP contribution >= 0.6 is 0 Å². The number of aliphatic hydroxyl groups is 1. The highest BCUT2D eigenvalue weighted by molar-refractivity contribution is 5.93. The summed E-state index contributed by atoms with van der Waals surface area (Å²) < 4.78 is 7.16. The summed E-state index contributed by atoms with van der Waals surface area (Å²) in [6, 6.07) is 17.3. The third-order valence-electron chi connectivity index (χ3n) is 5.26. The molecule has 6 nitrogen and oxygen atoms in total. The molecule has 1 aromatic heterocycles. The van der Waals surface area contributed by atoms with Crippen LogP contribution in [0, 0.1) is 0 Å². The average molecular weight is 393 g/mol. The number of morpholine rings is 1. The summed E-state index contributed by atoms with van der Waals surface area (Å²) in [5.74, 6) is 0. The second-order valence-electron chi connectivity index (χ2n) is 7.88. The van der Waals surface area contributed by atoms with E-state index in [1.54, 1.807) is 0 Å². The van der Waals surface area contributed by atoms with Crippen molar-refractivity contribution >= 4 is 10.8 Å². The molecule has 6 heteroatoms. The van der Waals surface area contributed by atoms with Crippen LogP contribution in [0.3, 0.4) is 0 Å². The summed E-state index contributed by atoms with van der Waals surface area (Å²) in [5.41, 5.74) is 1.52. The lowest BCUT2D eigenvalue weighted by molar-refractivity contribution is -0.0774. The highest BCUT2D eigenvalue weighted by Crippen LogP contribution is 2.24. The van der Waals surface area contributed by atoms with E-state index in [0.29, 0.717) is 11.9 Å². The fraction of sp³-hybridized carbons (Fsp3) is 0.391. The van der Waals surface area contributed by atoms with Crippen molar-refractivity contribution in [3.05, 3.63) is 65.0 Å². The van der Waals surface area contributed by atoms with Gasteiger partial charge in [-0.05, 0) is 19.9 Å². The van der Waals surface area contributed by atoms with E-state index >= 15 is 0 Å². The Morgan fingerprint density at radius 3 is 2.31 bits per heavy atom. The van der Waals surface area contributed by atoms with E-state index in [-0.39, 0.29) is 24.3 Å². The second-order valence-corrected chi connectivity index (χ2v) is 7.88. The zero-order valence-electron chi connectivity index (χ0n) is 16.9. The number of hydrogen-bond donors (Lipinski definition) is 1. The minimum absolute atomic E-state index is 0.136. The number of aliphatic hydroxyl groups excluding tert-OH is 1. The van der Waals surface area contributed by atoms with Gasteiger partial charge in [-0.3, -0.25) is 9.69 Å². The summed E-state index contributed by atoms with van der Waals surface area (Å²) in [7, 11) is 0. The lowest BCUT2D eigenvalue weighted by atomic mass is 10.1. The van der Waals surface area contributed by atoms with E-state index in [0.717, 1.165) is 29.7 Å². The van der Waals surface area contributed by atoms with Crippen LogP contribution in [0.4, 0.5) is 0 Å². The molecule has 4 rings (SSSR count). The minimum Gasteiger partial charge on any atom is -0.390 e. The van der Waals surface area contributed by atoms with Gasteiger partial charge in [-0.25, -0.2) is 4.68 Å². The zero-order valence-corrected chi connectivity index (χ0v) is 16.9. The van der Waals surface area contributed by atoms with Crippen molar-refractivity contribution in [1.29, 1.82) is 0 Å². The van der Waals surface area contributed by atoms with Crippen molar-refractivity contribution in [2.75, 3.05) is 19.6 Å². The van der Waals surface area contributed by atoms with Gasteiger partial charge in [0.25, 0.3) is 5.56 Å². The average Bonchev–Trinajstić information content (AvgIpc) is 2.70. The first-order valence-corrected chi connectivity index (χ1v) is 10.1. The van der Waals surface area contributed by atoms with Crippen molar-refractivity contribution < 1.29 is 9.84 Å². The lowest BCUT2D eigenvalue weighted by Crippen LogP contribution is -2.49. The number of hydrogen-bond acceptors (Lipinski definition) is 5. The normalized spacial score (nSPS) is 21.3. The number of benzene rings is 2. The van der Waals surface area contributed by atoms with E-state index < -0.39 is 6.10 Å². The predicted octanol–water partition coefficient (Wildman–Crippen LogP) is 2.53. The maximum atomic E-state index is 13.0. The van der Waals surface area contributed by atoms with Crippen LogP contribution in [0.2, 0.25) is 0 Å². The van der Waals surface area contributed by atoms with Gasteiger partial charge in [0.15, 0.2) is 0 Å². The van der Waals surface area contributed by atoms with Crippen LogP contribution in [0.5, 0.6) is 0 Å². The first-order valence-electron chi connectivity index (χ1n) is 10.1. The minimum atomic E-state index is -0.692. The first kappa shape index (κ1) is 19.8. The number of β-amino-alcohol motifs (C(OH)–C–C–N with tert-alkyl or cyclic N) is 1. The first-order chi connectivity index (χ1) is 14.0. The van der Waals surface area contributed by atoms with Crippen molar-refractivity contribution in [2.24, 2.45) is 0 Å². The highest BCUT2D eigenvalue weighted by Gasteiger charge is 2.24. The van der Waals surface area contributed by atoms with Crippen LogP contribution in [0.1, 0.15) is 13.8 Å².